The summed E-state index contributed by atoms with van der Waals surface area (Å²) in [7, 11) is 1.31. The van der Waals surface area contributed by atoms with Crippen molar-refractivity contribution >= 4 is 23.7 Å². The summed E-state index contributed by atoms with van der Waals surface area (Å²) in [5.41, 5.74) is 0. The van der Waals surface area contributed by atoms with E-state index in [1.54, 1.807) is 0 Å². The Morgan fingerprint density at radius 2 is 2.14 bits per heavy atom. The average molecular weight is 222 g/mol. The number of carboxylic acids is 1. The summed E-state index contributed by atoms with van der Waals surface area (Å²) in [4.78, 5) is 20.8. The van der Waals surface area contributed by atoms with Gasteiger partial charge in [-0.15, -0.1) is 0 Å². The number of aliphatic hydroxyl groups excluding tert-OH is 1. The van der Waals surface area contributed by atoms with Crippen LogP contribution in [0.3, 0.4) is 0 Å². The van der Waals surface area contributed by atoms with Gasteiger partial charge in [-0.1, -0.05) is 0 Å². The van der Waals surface area contributed by atoms with Gasteiger partial charge in [0.15, 0.2) is 0 Å². The van der Waals surface area contributed by atoms with Crippen LogP contribution in [0.5, 0.6) is 0 Å². The summed E-state index contributed by atoms with van der Waals surface area (Å²) in [5.74, 6) is -0.469. The zero-order chi connectivity index (χ0) is 11.0. The second-order valence-electron chi connectivity index (χ2n) is 2.65. The maximum atomic E-state index is 10.6. The van der Waals surface area contributed by atoms with E-state index < -0.39 is 12.1 Å². The summed E-state index contributed by atoms with van der Waals surface area (Å²) >= 11 is 1.33. The quantitative estimate of drug-likeness (QED) is 0.470. The van der Waals surface area contributed by atoms with Gasteiger partial charge in [0.1, 0.15) is 0 Å². The van der Waals surface area contributed by atoms with Gasteiger partial charge in [-0.05, 0) is 0 Å². The van der Waals surface area contributed by atoms with Gasteiger partial charge >= 0.3 is 11.9 Å². The molecule has 0 aromatic carbocycles. The number of rotatable bonds is 7. The fraction of sp³-hybridized carbons (Fsp3) is 0.750. The fourth-order valence-electron chi connectivity index (χ4n) is 0.737. The molecule has 0 aliphatic carbocycles. The Morgan fingerprint density at radius 1 is 1.50 bits per heavy atom. The van der Waals surface area contributed by atoms with E-state index in [1.165, 1.54) is 18.9 Å². The first-order valence-electron chi connectivity index (χ1n) is 4.10. The SMILES string of the molecule is COC(=O)CCSCC(O)CC(=O)O. The minimum absolute atomic E-state index is 0.259. The van der Waals surface area contributed by atoms with Gasteiger partial charge in [-0.2, -0.15) is 11.8 Å². The van der Waals surface area contributed by atoms with E-state index in [0.29, 0.717) is 11.5 Å². The zero-order valence-electron chi connectivity index (χ0n) is 7.93. The highest BCUT2D eigenvalue weighted by atomic mass is 32.2. The highest BCUT2D eigenvalue weighted by Crippen LogP contribution is 2.07. The number of carbonyl (C=O) groups excluding carboxylic acids is 1. The number of aliphatic carboxylic acids is 1. The molecule has 0 aromatic heterocycles. The number of carbonyl (C=O) groups is 2. The minimum atomic E-state index is -1.02. The van der Waals surface area contributed by atoms with Crippen LogP contribution in [0.2, 0.25) is 0 Å². The van der Waals surface area contributed by atoms with E-state index in [9.17, 15) is 9.59 Å². The number of aliphatic hydroxyl groups is 1. The zero-order valence-corrected chi connectivity index (χ0v) is 8.75. The van der Waals surface area contributed by atoms with Crippen molar-refractivity contribution in [3.05, 3.63) is 0 Å². The summed E-state index contributed by atoms with van der Waals surface area (Å²) in [6.45, 7) is 0. The van der Waals surface area contributed by atoms with Gasteiger partial charge in [0.2, 0.25) is 0 Å². The average Bonchev–Trinajstić information content (AvgIpc) is 2.10. The number of methoxy groups -OCH3 is 1. The molecule has 0 amide bonds. The molecular weight excluding hydrogens is 208 g/mol. The first kappa shape index (κ1) is 13.2. The predicted molar refractivity (Wildman–Crippen MR) is 52.2 cm³/mol. The van der Waals surface area contributed by atoms with Crippen LogP contribution in [-0.2, 0) is 14.3 Å². The van der Waals surface area contributed by atoms with Crippen molar-refractivity contribution in [1.82, 2.24) is 0 Å². The van der Waals surface area contributed by atoms with Crippen LogP contribution in [0.15, 0.2) is 0 Å². The smallest absolute Gasteiger partial charge is 0.306 e. The van der Waals surface area contributed by atoms with E-state index in [4.69, 9.17) is 10.2 Å². The second kappa shape index (κ2) is 7.64. The summed E-state index contributed by atoms with van der Waals surface area (Å²) in [6.07, 6.45) is -0.832. The number of esters is 1. The molecule has 6 heteroatoms. The first-order chi connectivity index (χ1) is 6.56. The molecule has 0 spiro atoms. The molecule has 1 unspecified atom stereocenters. The largest absolute Gasteiger partial charge is 0.481 e. The fourth-order valence-corrected chi connectivity index (χ4v) is 1.61. The Kier molecular flexibility index (Phi) is 7.23. The number of carboxylic acid groups (broad SMARTS) is 1. The number of hydrogen-bond acceptors (Lipinski definition) is 5. The second-order valence-corrected chi connectivity index (χ2v) is 3.80. The van der Waals surface area contributed by atoms with Crippen LogP contribution < -0.4 is 0 Å². The van der Waals surface area contributed by atoms with Gasteiger partial charge in [0.25, 0.3) is 0 Å². The van der Waals surface area contributed by atoms with E-state index >= 15 is 0 Å². The van der Waals surface area contributed by atoms with E-state index in [0.717, 1.165) is 0 Å². The van der Waals surface area contributed by atoms with Crippen molar-refractivity contribution in [3.8, 4) is 0 Å². The number of hydrogen-bond donors (Lipinski definition) is 2. The third kappa shape index (κ3) is 7.88. The molecule has 0 fully saturated rings. The van der Waals surface area contributed by atoms with Crippen LogP contribution >= 0.6 is 11.8 Å². The maximum Gasteiger partial charge on any atom is 0.306 e. The Bertz CT molecular complexity index is 194. The van der Waals surface area contributed by atoms with Gasteiger partial charge in [0.05, 0.1) is 26.1 Å². The lowest BCUT2D eigenvalue weighted by atomic mass is 10.3. The molecule has 14 heavy (non-hydrogen) atoms. The molecule has 0 heterocycles. The van der Waals surface area contributed by atoms with Crippen LogP contribution in [0.1, 0.15) is 12.8 Å². The highest BCUT2D eigenvalue weighted by Gasteiger charge is 2.09. The summed E-state index contributed by atoms with van der Waals surface area (Å²) in [5, 5.41) is 17.4. The lowest BCUT2D eigenvalue weighted by molar-refractivity contribution is -0.140. The van der Waals surface area contributed by atoms with Crippen molar-refractivity contribution in [2.75, 3.05) is 18.6 Å². The van der Waals surface area contributed by atoms with E-state index in [2.05, 4.69) is 4.74 Å². The molecule has 0 saturated carbocycles. The molecule has 0 aliphatic rings. The van der Waals surface area contributed by atoms with Crippen molar-refractivity contribution in [2.45, 2.75) is 18.9 Å². The monoisotopic (exact) mass is 222 g/mol. The number of ether oxygens (including phenoxy) is 1. The maximum absolute atomic E-state index is 10.6. The molecule has 0 aromatic rings. The van der Waals surface area contributed by atoms with Gasteiger partial charge in [-0.25, -0.2) is 0 Å². The predicted octanol–water partition coefficient (Wildman–Crippen LogP) is 0.118. The Morgan fingerprint density at radius 3 is 2.64 bits per heavy atom. The molecule has 0 rings (SSSR count). The molecule has 82 valence electrons. The molecule has 0 bridgehead atoms. The molecule has 2 N–H and O–H groups in total. The molecule has 5 nitrogen and oxygen atoms in total. The van der Waals surface area contributed by atoms with Crippen molar-refractivity contribution in [3.63, 3.8) is 0 Å². The molecular formula is C8H14O5S. The van der Waals surface area contributed by atoms with Gasteiger partial charge in [-0.3, -0.25) is 9.59 Å². The minimum Gasteiger partial charge on any atom is -0.481 e. The van der Waals surface area contributed by atoms with E-state index in [1.807, 2.05) is 0 Å². The van der Waals surface area contributed by atoms with Crippen LogP contribution in [0.25, 0.3) is 0 Å². The normalized spacial score (nSPS) is 12.1. The molecule has 0 radical (unpaired) electrons. The Labute approximate surface area is 86.4 Å². The molecule has 0 saturated heterocycles. The Hall–Kier alpha value is -0.750. The third-order valence-corrected chi connectivity index (χ3v) is 2.51. The van der Waals surface area contributed by atoms with Gasteiger partial charge < -0.3 is 14.9 Å². The van der Waals surface area contributed by atoms with Crippen LogP contribution in [-0.4, -0.2) is 46.9 Å². The van der Waals surface area contributed by atoms with E-state index in [-0.39, 0.29) is 18.8 Å². The van der Waals surface area contributed by atoms with Gasteiger partial charge in [0, 0.05) is 11.5 Å². The Balaban J connectivity index is 3.35. The molecule has 1 atom stereocenters. The van der Waals surface area contributed by atoms with Crippen LogP contribution in [0.4, 0.5) is 0 Å². The summed E-state index contributed by atoms with van der Waals surface area (Å²) in [6, 6.07) is 0. The highest BCUT2D eigenvalue weighted by molar-refractivity contribution is 7.99. The third-order valence-electron chi connectivity index (χ3n) is 1.40. The lowest BCUT2D eigenvalue weighted by Gasteiger charge is -2.06. The van der Waals surface area contributed by atoms with Crippen molar-refractivity contribution in [1.29, 1.82) is 0 Å². The number of thioether (sulfide) groups is 1. The summed E-state index contributed by atoms with van der Waals surface area (Å²) < 4.78 is 4.41. The van der Waals surface area contributed by atoms with Crippen molar-refractivity contribution in [2.24, 2.45) is 0 Å². The topological polar surface area (TPSA) is 83.8 Å². The molecule has 0 aliphatic heterocycles. The first-order valence-corrected chi connectivity index (χ1v) is 5.26. The lowest BCUT2D eigenvalue weighted by Crippen LogP contribution is -2.16. The van der Waals surface area contributed by atoms with Crippen molar-refractivity contribution < 1.29 is 24.5 Å². The van der Waals surface area contributed by atoms with Crippen LogP contribution in [0, 0.1) is 0 Å². The standard InChI is InChI=1S/C8H14O5S/c1-13-8(12)2-3-14-5-6(9)4-7(10)11/h6,9H,2-5H2,1H3,(H,10,11).